The minimum Gasteiger partial charge on any atom is -0.484 e. The van der Waals surface area contributed by atoms with Gasteiger partial charge >= 0.3 is 5.97 Å². The van der Waals surface area contributed by atoms with Crippen LogP contribution in [0.15, 0.2) is 54.6 Å². The van der Waals surface area contributed by atoms with Crippen molar-refractivity contribution in [2.75, 3.05) is 19.8 Å². The highest BCUT2D eigenvalue weighted by atomic mass is 35.5. The molecule has 0 saturated carbocycles. The number of rotatable bonds is 10. The van der Waals surface area contributed by atoms with Gasteiger partial charge in [0.1, 0.15) is 11.4 Å². The van der Waals surface area contributed by atoms with Gasteiger partial charge in [0.25, 0.3) is 5.91 Å². The minimum absolute atomic E-state index is 0.0936. The van der Waals surface area contributed by atoms with E-state index in [-0.39, 0.29) is 12.5 Å². The van der Waals surface area contributed by atoms with Crippen molar-refractivity contribution in [3.63, 3.8) is 0 Å². The monoisotopic (exact) mass is 468 g/mol. The van der Waals surface area contributed by atoms with Gasteiger partial charge in [0.15, 0.2) is 6.61 Å². The van der Waals surface area contributed by atoms with Gasteiger partial charge in [-0.05, 0) is 68.1 Å². The fourth-order valence-electron chi connectivity index (χ4n) is 3.59. The molecule has 7 heteroatoms. The first-order valence-corrected chi connectivity index (χ1v) is 11.3. The molecule has 2 aromatic carbocycles. The standard InChI is InChI=1S/C26H29ClN2O4/c1-4-32-26(31)25-18(2)23(19(3)28-25)16-29(15-14-20-8-6-5-7-9-20)24(30)17-33-22-12-10-21(27)11-13-22/h5-13,28H,4,14-17H2,1-3H3. The van der Waals surface area contributed by atoms with Crippen molar-refractivity contribution >= 4 is 23.5 Å². The zero-order valence-electron chi connectivity index (χ0n) is 19.2. The Bertz CT molecular complexity index is 1080. The molecule has 1 aromatic heterocycles. The average molecular weight is 469 g/mol. The van der Waals surface area contributed by atoms with Gasteiger partial charge in [0.05, 0.1) is 6.61 Å². The first-order chi connectivity index (χ1) is 15.9. The summed E-state index contributed by atoms with van der Waals surface area (Å²) in [4.78, 5) is 30.3. The van der Waals surface area contributed by atoms with Crippen LogP contribution < -0.4 is 4.74 Å². The molecule has 0 bridgehead atoms. The number of esters is 1. The third-order valence-electron chi connectivity index (χ3n) is 5.46. The van der Waals surface area contributed by atoms with Crippen LogP contribution in [-0.4, -0.2) is 41.5 Å². The summed E-state index contributed by atoms with van der Waals surface area (Å²) in [6.45, 7) is 6.63. The summed E-state index contributed by atoms with van der Waals surface area (Å²) in [6.07, 6.45) is 0.709. The van der Waals surface area contributed by atoms with Crippen molar-refractivity contribution in [2.24, 2.45) is 0 Å². The molecule has 33 heavy (non-hydrogen) atoms. The van der Waals surface area contributed by atoms with Crippen molar-refractivity contribution < 1.29 is 19.1 Å². The van der Waals surface area contributed by atoms with Crippen LogP contribution in [0.5, 0.6) is 5.75 Å². The summed E-state index contributed by atoms with van der Waals surface area (Å²) >= 11 is 5.92. The van der Waals surface area contributed by atoms with Crippen LogP contribution in [0.3, 0.4) is 0 Å². The molecule has 1 amide bonds. The van der Waals surface area contributed by atoms with Crippen LogP contribution >= 0.6 is 11.6 Å². The Labute approximate surface area is 199 Å². The number of ether oxygens (including phenoxy) is 2. The van der Waals surface area contributed by atoms with E-state index in [0.29, 0.717) is 42.6 Å². The topological polar surface area (TPSA) is 71.6 Å². The van der Waals surface area contributed by atoms with Crippen LogP contribution in [0.2, 0.25) is 5.02 Å². The van der Waals surface area contributed by atoms with E-state index >= 15 is 0 Å². The Morgan fingerprint density at radius 3 is 2.39 bits per heavy atom. The van der Waals surface area contributed by atoms with Gasteiger partial charge in [-0.15, -0.1) is 0 Å². The molecule has 0 unspecified atom stereocenters. The number of aromatic amines is 1. The quantitative estimate of drug-likeness (QED) is 0.419. The molecule has 6 nitrogen and oxygen atoms in total. The summed E-state index contributed by atoms with van der Waals surface area (Å²) in [5.41, 5.74) is 4.11. The number of amides is 1. The van der Waals surface area contributed by atoms with Gasteiger partial charge in [-0.1, -0.05) is 41.9 Å². The lowest BCUT2D eigenvalue weighted by molar-refractivity contribution is -0.134. The molecule has 174 valence electrons. The molecule has 0 spiro atoms. The summed E-state index contributed by atoms with van der Waals surface area (Å²) in [7, 11) is 0. The Hall–Kier alpha value is -3.25. The summed E-state index contributed by atoms with van der Waals surface area (Å²) < 4.78 is 10.8. The van der Waals surface area contributed by atoms with Crippen LogP contribution in [0.4, 0.5) is 0 Å². The van der Waals surface area contributed by atoms with Gasteiger partial charge in [0, 0.05) is 23.8 Å². The molecule has 0 atom stereocenters. The largest absolute Gasteiger partial charge is 0.484 e. The predicted octanol–water partition coefficient (Wildman–Crippen LogP) is 5.11. The number of benzene rings is 2. The van der Waals surface area contributed by atoms with Crippen molar-refractivity contribution in [1.29, 1.82) is 0 Å². The summed E-state index contributed by atoms with van der Waals surface area (Å²) in [5, 5.41) is 0.606. The smallest absolute Gasteiger partial charge is 0.355 e. The first-order valence-electron chi connectivity index (χ1n) is 10.9. The van der Waals surface area contributed by atoms with E-state index in [4.69, 9.17) is 21.1 Å². The zero-order valence-corrected chi connectivity index (χ0v) is 19.9. The first kappa shape index (κ1) is 24.4. The molecule has 0 fully saturated rings. The number of hydrogen-bond acceptors (Lipinski definition) is 4. The fraction of sp³-hybridized carbons (Fsp3) is 0.308. The normalized spacial score (nSPS) is 10.7. The number of halogens is 1. The van der Waals surface area contributed by atoms with Gasteiger partial charge in [0.2, 0.25) is 0 Å². The Kier molecular flexibility index (Phi) is 8.55. The Morgan fingerprint density at radius 2 is 1.73 bits per heavy atom. The highest BCUT2D eigenvalue weighted by Crippen LogP contribution is 2.22. The maximum absolute atomic E-state index is 13.1. The number of carbonyl (C=O) groups is 2. The van der Waals surface area contributed by atoms with Crippen LogP contribution in [-0.2, 0) is 22.5 Å². The van der Waals surface area contributed by atoms with Crippen LogP contribution in [0.1, 0.15) is 39.8 Å². The molecular weight excluding hydrogens is 440 g/mol. The van der Waals surface area contributed by atoms with E-state index in [0.717, 1.165) is 22.4 Å². The molecule has 0 saturated heterocycles. The van der Waals surface area contributed by atoms with Gasteiger partial charge in [-0.25, -0.2) is 4.79 Å². The van der Waals surface area contributed by atoms with Gasteiger partial charge in [-0.2, -0.15) is 0 Å². The molecule has 0 radical (unpaired) electrons. The Balaban J connectivity index is 1.77. The van der Waals surface area contributed by atoms with Crippen LogP contribution in [0.25, 0.3) is 0 Å². The number of nitrogens with one attached hydrogen (secondary N) is 1. The average Bonchev–Trinajstić information content (AvgIpc) is 3.10. The summed E-state index contributed by atoms with van der Waals surface area (Å²) in [6, 6.07) is 16.9. The van der Waals surface area contributed by atoms with Crippen molar-refractivity contribution in [3.8, 4) is 5.75 Å². The fourth-order valence-corrected chi connectivity index (χ4v) is 3.72. The van der Waals surface area contributed by atoms with Crippen LogP contribution in [0, 0.1) is 13.8 Å². The SMILES string of the molecule is CCOC(=O)c1[nH]c(C)c(CN(CCc2ccccc2)C(=O)COc2ccc(Cl)cc2)c1C. The molecule has 3 rings (SSSR count). The van der Waals surface area contributed by atoms with E-state index in [1.807, 2.05) is 44.2 Å². The number of nitrogens with zero attached hydrogens (tertiary/aromatic N) is 1. The maximum Gasteiger partial charge on any atom is 0.355 e. The second kappa shape index (κ2) is 11.6. The molecule has 3 aromatic rings. The van der Waals surface area contributed by atoms with E-state index < -0.39 is 5.97 Å². The lowest BCUT2D eigenvalue weighted by atomic mass is 10.1. The zero-order chi connectivity index (χ0) is 23.8. The minimum atomic E-state index is -0.391. The van der Waals surface area contributed by atoms with E-state index in [1.165, 1.54) is 0 Å². The van der Waals surface area contributed by atoms with Gasteiger partial charge < -0.3 is 19.4 Å². The van der Waals surface area contributed by atoms with Gasteiger partial charge in [-0.3, -0.25) is 4.79 Å². The van der Waals surface area contributed by atoms with E-state index in [1.54, 1.807) is 36.1 Å². The predicted molar refractivity (Wildman–Crippen MR) is 129 cm³/mol. The maximum atomic E-state index is 13.1. The molecule has 1 heterocycles. The molecule has 0 aliphatic heterocycles. The summed E-state index contributed by atoms with van der Waals surface area (Å²) in [5.74, 6) is 0.0468. The third kappa shape index (κ3) is 6.62. The lowest BCUT2D eigenvalue weighted by Crippen LogP contribution is -2.36. The lowest BCUT2D eigenvalue weighted by Gasteiger charge is -2.23. The Morgan fingerprint density at radius 1 is 1.03 bits per heavy atom. The number of carbonyl (C=O) groups excluding carboxylic acids is 2. The molecule has 0 aliphatic rings. The third-order valence-corrected chi connectivity index (χ3v) is 5.72. The van der Waals surface area contributed by atoms with Crippen molar-refractivity contribution in [2.45, 2.75) is 33.7 Å². The number of H-pyrrole nitrogens is 1. The van der Waals surface area contributed by atoms with Crippen molar-refractivity contribution in [3.05, 3.63) is 87.7 Å². The highest BCUT2D eigenvalue weighted by Gasteiger charge is 2.22. The highest BCUT2D eigenvalue weighted by molar-refractivity contribution is 6.30. The molecule has 0 aliphatic carbocycles. The molecular formula is C26H29ClN2O4. The second-order valence-electron chi connectivity index (χ2n) is 7.74. The van der Waals surface area contributed by atoms with E-state index in [2.05, 4.69) is 4.98 Å². The molecule has 1 N–H and O–H groups in total. The second-order valence-corrected chi connectivity index (χ2v) is 8.18. The van der Waals surface area contributed by atoms with E-state index in [9.17, 15) is 9.59 Å². The number of hydrogen-bond donors (Lipinski definition) is 1. The number of aromatic nitrogens is 1. The number of aryl methyl sites for hydroxylation is 1. The van der Waals surface area contributed by atoms with Crippen molar-refractivity contribution in [1.82, 2.24) is 9.88 Å².